The second kappa shape index (κ2) is 8.50. The summed E-state index contributed by atoms with van der Waals surface area (Å²) < 4.78 is 0. The van der Waals surface area contributed by atoms with E-state index in [1.54, 1.807) is 0 Å². The summed E-state index contributed by atoms with van der Waals surface area (Å²) in [5.74, 6) is 0.0447. The maximum absolute atomic E-state index is 12.1. The van der Waals surface area contributed by atoms with Crippen molar-refractivity contribution in [1.29, 1.82) is 0 Å². The predicted molar refractivity (Wildman–Crippen MR) is 96.2 cm³/mol. The average molecular weight is 366 g/mol. The molecule has 1 aliphatic carbocycles. The lowest BCUT2D eigenvalue weighted by Gasteiger charge is -2.28. The van der Waals surface area contributed by atoms with Crippen molar-refractivity contribution in [1.82, 2.24) is 10.2 Å². The van der Waals surface area contributed by atoms with Gasteiger partial charge in [-0.05, 0) is 36.3 Å². The summed E-state index contributed by atoms with van der Waals surface area (Å²) in [6.07, 6.45) is 4.97. The number of nitrogens with zero attached hydrogens (tertiary/aromatic N) is 1. The molecule has 1 aromatic rings. The van der Waals surface area contributed by atoms with E-state index in [0.29, 0.717) is 6.54 Å². The zero-order chi connectivity index (χ0) is 14.0. The third-order valence-corrected chi connectivity index (χ3v) is 5.57. The van der Waals surface area contributed by atoms with Gasteiger partial charge < -0.3 is 11.1 Å². The van der Waals surface area contributed by atoms with Crippen molar-refractivity contribution in [3.8, 4) is 0 Å². The van der Waals surface area contributed by atoms with Gasteiger partial charge >= 0.3 is 0 Å². The number of carbonyl (C=O) groups is 1. The highest BCUT2D eigenvalue weighted by molar-refractivity contribution is 7.10. The molecule has 1 amide bonds. The number of hydrogen-bond acceptors (Lipinski definition) is 4. The van der Waals surface area contributed by atoms with Gasteiger partial charge in [0.2, 0.25) is 5.91 Å². The third-order valence-electron chi connectivity index (χ3n) is 4.55. The van der Waals surface area contributed by atoms with Crippen LogP contribution in [0.2, 0.25) is 0 Å². The highest BCUT2D eigenvalue weighted by atomic mass is 35.5. The van der Waals surface area contributed by atoms with Gasteiger partial charge in [-0.25, -0.2) is 0 Å². The Morgan fingerprint density at radius 1 is 1.36 bits per heavy atom. The van der Waals surface area contributed by atoms with Crippen LogP contribution in [-0.4, -0.2) is 36.0 Å². The van der Waals surface area contributed by atoms with Crippen LogP contribution in [0.1, 0.15) is 36.1 Å². The zero-order valence-corrected chi connectivity index (χ0v) is 15.1. The minimum absolute atomic E-state index is 0. The number of fused-ring (bicyclic) bond motifs is 1. The van der Waals surface area contributed by atoms with E-state index >= 15 is 0 Å². The molecular formula is C15H25Cl2N3OS. The Balaban J connectivity index is 0.00000121. The molecule has 0 aromatic carbocycles. The van der Waals surface area contributed by atoms with E-state index in [0.717, 1.165) is 51.7 Å². The van der Waals surface area contributed by atoms with Crippen LogP contribution < -0.4 is 11.1 Å². The lowest BCUT2D eigenvalue weighted by atomic mass is 9.98. The summed E-state index contributed by atoms with van der Waals surface area (Å²) in [6, 6.07) is 2.22. The number of rotatable bonds is 4. The first-order valence-electron chi connectivity index (χ1n) is 7.52. The summed E-state index contributed by atoms with van der Waals surface area (Å²) >= 11 is 1.86. The molecule has 0 bridgehead atoms. The molecule has 1 fully saturated rings. The Kier molecular flexibility index (Phi) is 7.62. The van der Waals surface area contributed by atoms with Gasteiger partial charge in [-0.1, -0.05) is 12.8 Å². The van der Waals surface area contributed by atoms with Crippen LogP contribution in [-0.2, 0) is 17.8 Å². The van der Waals surface area contributed by atoms with E-state index in [2.05, 4.69) is 21.7 Å². The second-order valence-corrected chi connectivity index (χ2v) is 7.01. The molecule has 3 rings (SSSR count). The highest BCUT2D eigenvalue weighted by Crippen LogP contribution is 2.27. The van der Waals surface area contributed by atoms with Crippen molar-refractivity contribution in [3.05, 3.63) is 21.9 Å². The number of hydrogen-bond donors (Lipinski definition) is 2. The van der Waals surface area contributed by atoms with Crippen molar-refractivity contribution < 1.29 is 4.79 Å². The van der Waals surface area contributed by atoms with Crippen LogP contribution >= 0.6 is 36.2 Å². The van der Waals surface area contributed by atoms with Crippen LogP contribution in [0.3, 0.4) is 0 Å². The van der Waals surface area contributed by atoms with Gasteiger partial charge in [0.15, 0.2) is 0 Å². The fourth-order valence-electron chi connectivity index (χ4n) is 3.23. The Morgan fingerprint density at radius 2 is 2.09 bits per heavy atom. The molecule has 0 atom stereocenters. The Labute approximate surface area is 148 Å². The van der Waals surface area contributed by atoms with Gasteiger partial charge in [0.1, 0.15) is 0 Å². The smallest absolute Gasteiger partial charge is 0.240 e. The van der Waals surface area contributed by atoms with Gasteiger partial charge in [0.05, 0.1) is 5.54 Å². The summed E-state index contributed by atoms with van der Waals surface area (Å²) in [5, 5.41) is 5.20. The standard InChI is InChI=1S/C15H23N3OS.2ClH/c16-15(5-1-2-6-15)14(19)17-7-9-18-8-3-13-12(11-18)4-10-20-13;;/h4,10H,1-3,5-9,11,16H2,(H,17,19);2*1H. The fraction of sp³-hybridized carbons (Fsp3) is 0.667. The van der Waals surface area contributed by atoms with Crippen LogP contribution in [0.25, 0.3) is 0 Å². The van der Waals surface area contributed by atoms with E-state index in [9.17, 15) is 4.79 Å². The summed E-state index contributed by atoms with van der Waals surface area (Å²) in [5.41, 5.74) is 7.01. The number of thiophene rings is 1. The van der Waals surface area contributed by atoms with E-state index in [1.807, 2.05) is 11.3 Å². The molecule has 0 unspecified atom stereocenters. The lowest BCUT2D eigenvalue weighted by molar-refractivity contribution is -0.126. The quantitative estimate of drug-likeness (QED) is 0.860. The van der Waals surface area contributed by atoms with Crippen molar-refractivity contribution in [2.45, 2.75) is 44.2 Å². The normalized spacial score (nSPS) is 19.7. The Bertz CT molecular complexity index is 489. The molecule has 4 nitrogen and oxygen atoms in total. The number of nitrogens with two attached hydrogens (primary N) is 1. The molecule has 1 aromatic heterocycles. The molecule has 3 N–H and O–H groups in total. The van der Waals surface area contributed by atoms with Crippen LogP contribution in [0, 0.1) is 0 Å². The van der Waals surface area contributed by atoms with Crippen molar-refractivity contribution in [2.75, 3.05) is 19.6 Å². The maximum atomic E-state index is 12.1. The first-order chi connectivity index (χ1) is 9.67. The molecular weight excluding hydrogens is 341 g/mol. The number of amides is 1. The first-order valence-corrected chi connectivity index (χ1v) is 8.40. The summed E-state index contributed by atoms with van der Waals surface area (Å²) in [6.45, 7) is 3.73. The highest BCUT2D eigenvalue weighted by Gasteiger charge is 2.36. The van der Waals surface area contributed by atoms with E-state index in [4.69, 9.17) is 5.73 Å². The molecule has 1 saturated carbocycles. The monoisotopic (exact) mass is 365 g/mol. The van der Waals surface area contributed by atoms with E-state index in [1.165, 1.54) is 10.4 Å². The minimum atomic E-state index is -0.595. The van der Waals surface area contributed by atoms with Gasteiger partial charge in [-0.3, -0.25) is 9.69 Å². The lowest BCUT2D eigenvalue weighted by Crippen LogP contribution is -2.53. The molecule has 2 aliphatic rings. The summed E-state index contributed by atoms with van der Waals surface area (Å²) in [7, 11) is 0. The minimum Gasteiger partial charge on any atom is -0.353 e. The predicted octanol–water partition coefficient (Wildman–Crippen LogP) is 2.34. The molecule has 0 radical (unpaired) electrons. The van der Waals surface area contributed by atoms with E-state index in [-0.39, 0.29) is 30.7 Å². The third kappa shape index (κ3) is 4.36. The topological polar surface area (TPSA) is 58.4 Å². The van der Waals surface area contributed by atoms with Crippen molar-refractivity contribution >= 4 is 42.1 Å². The Hall–Kier alpha value is -0.330. The zero-order valence-electron chi connectivity index (χ0n) is 12.7. The second-order valence-electron chi connectivity index (χ2n) is 6.01. The molecule has 7 heteroatoms. The first kappa shape index (κ1) is 19.7. The molecule has 1 aliphatic heterocycles. The maximum Gasteiger partial charge on any atom is 0.240 e. The van der Waals surface area contributed by atoms with Crippen LogP contribution in [0.5, 0.6) is 0 Å². The van der Waals surface area contributed by atoms with Crippen LogP contribution in [0.15, 0.2) is 11.4 Å². The van der Waals surface area contributed by atoms with E-state index < -0.39 is 5.54 Å². The Morgan fingerprint density at radius 3 is 2.82 bits per heavy atom. The average Bonchev–Trinajstić information content (AvgIpc) is 3.07. The molecule has 22 heavy (non-hydrogen) atoms. The van der Waals surface area contributed by atoms with Crippen molar-refractivity contribution in [3.63, 3.8) is 0 Å². The van der Waals surface area contributed by atoms with Gasteiger partial charge in [0, 0.05) is 31.1 Å². The largest absolute Gasteiger partial charge is 0.353 e. The SMILES string of the molecule is Cl.Cl.NC1(C(=O)NCCN2CCc3sccc3C2)CCCC1. The molecule has 2 heterocycles. The van der Waals surface area contributed by atoms with Gasteiger partial charge in [-0.2, -0.15) is 0 Å². The molecule has 0 saturated heterocycles. The van der Waals surface area contributed by atoms with Crippen LogP contribution in [0.4, 0.5) is 0 Å². The number of halogens is 2. The molecule has 126 valence electrons. The fourth-order valence-corrected chi connectivity index (χ4v) is 4.12. The van der Waals surface area contributed by atoms with Crippen molar-refractivity contribution in [2.24, 2.45) is 5.73 Å². The van der Waals surface area contributed by atoms with Gasteiger partial charge in [0.25, 0.3) is 0 Å². The number of carbonyl (C=O) groups excluding carboxylic acids is 1. The summed E-state index contributed by atoms with van der Waals surface area (Å²) in [4.78, 5) is 16.0. The molecule has 0 spiro atoms. The van der Waals surface area contributed by atoms with Gasteiger partial charge in [-0.15, -0.1) is 36.2 Å². The number of nitrogens with one attached hydrogen (secondary N) is 1.